The first kappa shape index (κ1) is 29.7. The standard InChI is InChI=1S/C34H45N3O6/c1-41-33(39)28-20-25-21-37(28)32(38)31(23-12-6-7-13-23)36-34(40)43-29-18-10-15-22(29)11-4-2-3-5-17-27-30(42-25)19-24-14-8-9-16-26(24)35-27/h8-9,14,16,19,22-23,25,28-29,31H,2-7,10-13,15,17-18,20-21H2,1H3,(H,36,40)/t22-,25-,28+,29-,31+/m1/s1. The van der Waals surface area contributed by atoms with E-state index in [1.54, 1.807) is 4.90 Å². The second-order valence-corrected chi connectivity index (χ2v) is 12.9. The van der Waals surface area contributed by atoms with Gasteiger partial charge in [-0.2, -0.15) is 0 Å². The smallest absolute Gasteiger partial charge is 0.408 e. The topological polar surface area (TPSA) is 107 Å². The fourth-order valence-corrected chi connectivity index (χ4v) is 7.77. The number of fused-ring (bicyclic) bond motifs is 5. The second kappa shape index (κ2) is 13.5. The van der Waals surface area contributed by atoms with Crippen LogP contribution in [0.4, 0.5) is 4.79 Å². The van der Waals surface area contributed by atoms with Crippen LogP contribution in [0.1, 0.15) is 89.2 Å². The Morgan fingerprint density at radius 3 is 2.51 bits per heavy atom. The first-order valence-electron chi connectivity index (χ1n) is 16.4. The monoisotopic (exact) mass is 591 g/mol. The Labute approximate surface area is 254 Å². The van der Waals surface area contributed by atoms with Gasteiger partial charge in [0.25, 0.3) is 0 Å². The SMILES string of the molecule is COC(=O)[C@@H]1C[C@@H]2CN1C(=O)[C@H](C1CCCC1)NC(=O)O[C@@H]1CCC[C@H]1CCCCCCc1nc3ccccc3cc1O2. The van der Waals surface area contributed by atoms with E-state index in [4.69, 9.17) is 19.2 Å². The number of ether oxygens (including phenoxy) is 3. The number of hydrogen-bond donors (Lipinski definition) is 1. The summed E-state index contributed by atoms with van der Waals surface area (Å²) in [7, 11) is 1.34. The molecule has 2 aromatic rings. The zero-order chi connectivity index (χ0) is 29.8. The first-order valence-corrected chi connectivity index (χ1v) is 16.4. The van der Waals surface area contributed by atoms with Crippen LogP contribution in [0.15, 0.2) is 30.3 Å². The number of alkyl carbamates (subject to hydrolysis) is 1. The molecule has 9 nitrogen and oxygen atoms in total. The third-order valence-corrected chi connectivity index (χ3v) is 10.1. The van der Waals surface area contributed by atoms with E-state index >= 15 is 0 Å². The van der Waals surface area contributed by atoms with Crippen molar-refractivity contribution in [3.8, 4) is 5.75 Å². The van der Waals surface area contributed by atoms with Crippen LogP contribution < -0.4 is 10.1 Å². The van der Waals surface area contributed by atoms with E-state index in [9.17, 15) is 14.4 Å². The van der Waals surface area contributed by atoms with Gasteiger partial charge < -0.3 is 24.4 Å². The summed E-state index contributed by atoms with van der Waals surface area (Å²) in [5.74, 6) is 0.340. The third-order valence-electron chi connectivity index (χ3n) is 10.1. The number of benzene rings is 1. The highest BCUT2D eigenvalue weighted by atomic mass is 16.6. The van der Waals surface area contributed by atoms with Crippen molar-refractivity contribution in [3.05, 3.63) is 36.0 Å². The number of rotatable bonds is 2. The molecule has 0 unspecified atom stereocenters. The average Bonchev–Trinajstić information content (AvgIpc) is 3.79. The minimum absolute atomic E-state index is 0.00286. The number of carbonyl (C=O) groups is 3. The van der Waals surface area contributed by atoms with E-state index in [0.29, 0.717) is 18.1 Å². The molecule has 232 valence electrons. The average molecular weight is 592 g/mol. The van der Waals surface area contributed by atoms with Gasteiger partial charge in [-0.1, -0.05) is 50.3 Å². The van der Waals surface area contributed by atoms with Crippen molar-refractivity contribution in [2.45, 2.75) is 114 Å². The maximum Gasteiger partial charge on any atom is 0.408 e. The molecule has 1 N–H and O–H groups in total. The molecule has 3 heterocycles. The van der Waals surface area contributed by atoms with Gasteiger partial charge >= 0.3 is 12.1 Å². The number of amides is 2. The number of methoxy groups -OCH3 is 1. The summed E-state index contributed by atoms with van der Waals surface area (Å²) in [6.45, 7) is 0.232. The predicted octanol–water partition coefficient (Wildman–Crippen LogP) is 5.72. The van der Waals surface area contributed by atoms with Crippen LogP contribution in [-0.4, -0.2) is 65.8 Å². The first-order chi connectivity index (χ1) is 21.0. The number of carbonyl (C=O) groups excluding carboxylic acids is 3. The molecule has 6 rings (SSSR count). The van der Waals surface area contributed by atoms with Gasteiger partial charge in [0.15, 0.2) is 0 Å². The van der Waals surface area contributed by atoms with Gasteiger partial charge in [-0.15, -0.1) is 0 Å². The van der Waals surface area contributed by atoms with Crippen molar-refractivity contribution in [1.82, 2.24) is 15.2 Å². The minimum Gasteiger partial charge on any atom is -0.487 e. The number of nitrogens with zero attached hydrogens (tertiary/aromatic N) is 2. The molecule has 1 aromatic carbocycles. The molecule has 0 spiro atoms. The molecule has 2 bridgehead atoms. The Morgan fingerprint density at radius 2 is 1.67 bits per heavy atom. The third kappa shape index (κ3) is 6.75. The lowest BCUT2D eigenvalue weighted by molar-refractivity contribution is -0.152. The zero-order valence-corrected chi connectivity index (χ0v) is 25.3. The number of para-hydroxylation sites is 1. The second-order valence-electron chi connectivity index (χ2n) is 12.9. The minimum atomic E-state index is -0.786. The molecule has 1 saturated heterocycles. The Kier molecular flexibility index (Phi) is 9.34. The van der Waals surface area contributed by atoms with Gasteiger partial charge in [0.05, 0.1) is 24.9 Å². The zero-order valence-electron chi connectivity index (χ0n) is 25.3. The van der Waals surface area contributed by atoms with E-state index in [-0.39, 0.29) is 24.5 Å². The highest BCUT2D eigenvalue weighted by Gasteiger charge is 2.46. The summed E-state index contributed by atoms with van der Waals surface area (Å²) in [5.41, 5.74) is 1.85. The molecule has 1 aromatic heterocycles. The lowest BCUT2D eigenvalue weighted by Gasteiger charge is -2.31. The van der Waals surface area contributed by atoms with Gasteiger partial charge in [0.1, 0.15) is 30.0 Å². The van der Waals surface area contributed by atoms with Crippen molar-refractivity contribution in [2.24, 2.45) is 11.8 Å². The van der Waals surface area contributed by atoms with Crippen molar-refractivity contribution in [3.63, 3.8) is 0 Å². The molecule has 0 radical (unpaired) electrons. The van der Waals surface area contributed by atoms with Gasteiger partial charge in [0.2, 0.25) is 5.91 Å². The molecule has 9 heteroatoms. The van der Waals surface area contributed by atoms with E-state index < -0.39 is 30.3 Å². The van der Waals surface area contributed by atoms with Gasteiger partial charge in [-0.3, -0.25) is 4.79 Å². The van der Waals surface area contributed by atoms with E-state index in [1.165, 1.54) is 7.11 Å². The van der Waals surface area contributed by atoms with Crippen LogP contribution in [-0.2, 0) is 25.5 Å². The normalized spacial score (nSPS) is 29.4. The van der Waals surface area contributed by atoms with Crippen LogP contribution in [0.3, 0.4) is 0 Å². The number of hydrogen-bond acceptors (Lipinski definition) is 7. The maximum absolute atomic E-state index is 14.2. The molecule has 2 saturated carbocycles. The molecule has 43 heavy (non-hydrogen) atoms. The van der Waals surface area contributed by atoms with Crippen molar-refractivity contribution < 1.29 is 28.6 Å². The Morgan fingerprint density at radius 1 is 0.930 bits per heavy atom. The Bertz CT molecular complexity index is 1310. The number of aryl methyl sites for hydroxylation is 1. The van der Waals surface area contributed by atoms with E-state index in [1.807, 2.05) is 30.3 Å². The van der Waals surface area contributed by atoms with Gasteiger partial charge in [0, 0.05) is 11.8 Å². The lowest BCUT2D eigenvalue weighted by Crippen LogP contribution is -2.55. The summed E-state index contributed by atoms with van der Waals surface area (Å²) in [6.07, 6.45) is 12.2. The number of aromatic nitrogens is 1. The molecule has 2 aliphatic heterocycles. The Balaban J connectivity index is 1.31. The number of nitrogens with one attached hydrogen (secondary N) is 1. The maximum atomic E-state index is 14.2. The molecule has 4 aliphatic rings. The largest absolute Gasteiger partial charge is 0.487 e. The number of esters is 1. The molecule has 3 fully saturated rings. The van der Waals surface area contributed by atoms with Crippen LogP contribution in [0.5, 0.6) is 5.75 Å². The molecule has 2 aliphatic carbocycles. The van der Waals surface area contributed by atoms with Crippen LogP contribution in [0, 0.1) is 11.8 Å². The molecular formula is C34H45N3O6. The fraction of sp³-hybridized carbons (Fsp3) is 0.647. The number of pyridine rings is 1. The van der Waals surface area contributed by atoms with Crippen molar-refractivity contribution in [1.29, 1.82) is 0 Å². The van der Waals surface area contributed by atoms with Gasteiger partial charge in [-0.25, -0.2) is 14.6 Å². The summed E-state index contributed by atoms with van der Waals surface area (Å²) in [5, 5.41) is 3.97. The summed E-state index contributed by atoms with van der Waals surface area (Å²) >= 11 is 0. The van der Waals surface area contributed by atoms with Gasteiger partial charge in [-0.05, 0) is 75.3 Å². The fourth-order valence-electron chi connectivity index (χ4n) is 7.77. The summed E-state index contributed by atoms with van der Waals surface area (Å²) in [4.78, 5) is 47.0. The summed E-state index contributed by atoms with van der Waals surface area (Å²) < 4.78 is 17.7. The van der Waals surface area contributed by atoms with E-state index in [0.717, 1.165) is 100 Å². The van der Waals surface area contributed by atoms with Crippen LogP contribution >= 0.6 is 0 Å². The quantitative estimate of drug-likeness (QED) is 0.446. The Hall–Kier alpha value is -3.36. The molecule has 5 atom stereocenters. The van der Waals surface area contributed by atoms with Crippen LogP contribution in [0.2, 0.25) is 0 Å². The van der Waals surface area contributed by atoms with E-state index in [2.05, 4.69) is 5.32 Å². The van der Waals surface area contributed by atoms with Crippen LogP contribution in [0.25, 0.3) is 10.9 Å². The van der Waals surface area contributed by atoms with Crippen molar-refractivity contribution >= 4 is 28.9 Å². The summed E-state index contributed by atoms with van der Waals surface area (Å²) in [6, 6.07) is 8.52. The molecular weight excluding hydrogens is 546 g/mol. The highest BCUT2D eigenvalue weighted by Crippen LogP contribution is 2.35. The highest BCUT2D eigenvalue weighted by molar-refractivity contribution is 5.90. The predicted molar refractivity (Wildman–Crippen MR) is 162 cm³/mol. The van der Waals surface area contributed by atoms with Crippen molar-refractivity contribution in [2.75, 3.05) is 13.7 Å². The lowest BCUT2D eigenvalue weighted by atomic mass is 9.96. The molecule has 2 amide bonds.